The van der Waals surface area contributed by atoms with Gasteiger partial charge in [-0.05, 0) is 48.6 Å². The van der Waals surface area contributed by atoms with E-state index in [-0.39, 0.29) is 29.5 Å². The summed E-state index contributed by atoms with van der Waals surface area (Å²) < 4.78 is 14.7. The van der Waals surface area contributed by atoms with E-state index in [1.54, 1.807) is 11.8 Å². The van der Waals surface area contributed by atoms with Gasteiger partial charge in [-0.15, -0.1) is 0 Å². The Morgan fingerprint density at radius 3 is 3.03 bits per heavy atom. The maximum atomic E-state index is 14.7. The molecule has 6 unspecified atom stereocenters. The zero-order valence-corrected chi connectivity index (χ0v) is 19.2. The van der Waals surface area contributed by atoms with Crippen molar-refractivity contribution in [3.05, 3.63) is 53.2 Å². The Morgan fingerprint density at radius 2 is 2.19 bits per heavy atom. The summed E-state index contributed by atoms with van der Waals surface area (Å²) in [6.07, 6.45) is 5.52. The molecule has 2 aliphatic carbocycles. The quantitative estimate of drug-likeness (QED) is 0.701. The number of halogens is 1. The SMILES string of the molecule is CCC(=O)C1C2CC3SCC(O)c4cccc(c4)CCCc4ncc(F)c(n4)NC1C3C2. The maximum Gasteiger partial charge on any atom is 0.183 e. The predicted molar refractivity (Wildman–Crippen MR) is 124 cm³/mol. The molecular formula is C25H30FN3O2S. The smallest absolute Gasteiger partial charge is 0.183 e. The lowest BCUT2D eigenvalue weighted by Crippen LogP contribution is -2.44. The standard InChI is InChI=1S/C25H30FN3O2S/c1-2-19(30)23-16-10-17-21(11-16)32-13-20(31)15-7-3-5-14(9-15)6-4-8-22-27-12-18(26)25(28-22)29-24(17)23/h3,5,7,9,12,16-17,20-21,23-24,31H,2,4,6,8,10-11,13H2,1H3,(H,27,28,29). The van der Waals surface area contributed by atoms with E-state index in [1.807, 2.05) is 19.1 Å². The lowest BCUT2D eigenvalue weighted by molar-refractivity contribution is -0.124. The average molecular weight is 456 g/mol. The van der Waals surface area contributed by atoms with Gasteiger partial charge in [0.05, 0.1) is 12.3 Å². The van der Waals surface area contributed by atoms with Gasteiger partial charge in [0.1, 0.15) is 11.6 Å². The van der Waals surface area contributed by atoms with Crippen LogP contribution in [0.15, 0.2) is 30.5 Å². The minimum absolute atomic E-state index is 0.0971. The van der Waals surface area contributed by atoms with Crippen LogP contribution in [0.2, 0.25) is 0 Å². The van der Waals surface area contributed by atoms with Crippen molar-refractivity contribution in [2.45, 2.75) is 62.8 Å². The first-order chi connectivity index (χ1) is 15.5. The third-order valence-corrected chi connectivity index (χ3v) is 8.91. The van der Waals surface area contributed by atoms with E-state index in [1.165, 1.54) is 11.8 Å². The second-order valence-electron chi connectivity index (χ2n) is 9.38. The van der Waals surface area contributed by atoms with Gasteiger partial charge in [-0.25, -0.2) is 14.4 Å². The fourth-order valence-corrected chi connectivity index (χ4v) is 7.42. The highest BCUT2D eigenvalue weighted by Crippen LogP contribution is 2.54. The van der Waals surface area contributed by atoms with Crippen molar-refractivity contribution in [2.24, 2.45) is 17.8 Å². The van der Waals surface area contributed by atoms with Gasteiger partial charge in [-0.2, -0.15) is 11.8 Å². The summed E-state index contributed by atoms with van der Waals surface area (Å²) in [5.41, 5.74) is 2.14. The van der Waals surface area contributed by atoms with Crippen molar-refractivity contribution >= 4 is 23.4 Å². The molecule has 2 fully saturated rings. The van der Waals surface area contributed by atoms with Crippen LogP contribution in [0.4, 0.5) is 10.2 Å². The van der Waals surface area contributed by atoms with Gasteiger partial charge in [0.2, 0.25) is 0 Å². The van der Waals surface area contributed by atoms with E-state index in [9.17, 15) is 14.3 Å². The first-order valence-corrected chi connectivity index (χ1v) is 12.8. The fraction of sp³-hybridized carbons (Fsp3) is 0.560. The molecule has 6 atom stereocenters. The number of carbonyl (C=O) groups excluding carboxylic acids is 1. The molecule has 2 saturated carbocycles. The molecule has 0 radical (unpaired) electrons. The zero-order valence-electron chi connectivity index (χ0n) is 18.3. The first kappa shape index (κ1) is 21.8. The number of nitrogens with zero attached hydrogens (tertiary/aromatic N) is 2. The number of aliphatic hydroxyl groups is 1. The molecule has 6 bridgehead atoms. The number of nitrogens with one attached hydrogen (secondary N) is 1. The van der Waals surface area contributed by atoms with Crippen molar-refractivity contribution in [1.82, 2.24) is 9.97 Å². The number of carbonyl (C=O) groups is 1. The average Bonchev–Trinajstić information content (AvgIpc) is 3.37. The third-order valence-electron chi connectivity index (χ3n) is 7.43. The van der Waals surface area contributed by atoms with E-state index in [4.69, 9.17) is 0 Å². The van der Waals surface area contributed by atoms with E-state index < -0.39 is 11.9 Å². The van der Waals surface area contributed by atoms with Gasteiger partial charge < -0.3 is 10.4 Å². The molecule has 2 N–H and O–H groups in total. The molecule has 7 heteroatoms. The van der Waals surface area contributed by atoms with Gasteiger partial charge in [-0.3, -0.25) is 4.79 Å². The molecule has 0 saturated heterocycles. The molecule has 1 aromatic heterocycles. The summed E-state index contributed by atoms with van der Waals surface area (Å²) in [5.74, 6) is 1.72. The van der Waals surface area contributed by atoms with Crippen molar-refractivity contribution in [2.75, 3.05) is 11.1 Å². The monoisotopic (exact) mass is 455 g/mol. The molecule has 0 spiro atoms. The predicted octanol–water partition coefficient (Wildman–Crippen LogP) is 4.36. The summed E-state index contributed by atoms with van der Waals surface area (Å²) >= 11 is 1.79. The number of rotatable bonds is 2. The Bertz CT molecular complexity index is 1000. The van der Waals surface area contributed by atoms with Crippen LogP contribution in [0.1, 0.15) is 55.7 Å². The summed E-state index contributed by atoms with van der Waals surface area (Å²) in [5, 5.41) is 14.5. The largest absolute Gasteiger partial charge is 0.388 e. The molecule has 3 aliphatic rings. The first-order valence-electron chi connectivity index (χ1n) is 11.7. The van der Waals surface area contributed by atoms with Gasteiger partial charge in [0.15, 0.2) is 11.6 Å². The summed E-state index contributed by atoms with van der Waals surface area (Å²) in [7, 11) is 0. The third kappa shape index (κ3) is 4.17. The number of aliphatic hydroxyl groups excluding tert-OH is 1. The molecule has 5 rings (SSSR count). The van der Waals surface area contributed by atoms with Gasteiger partial charge in [-0.1, -0.05) is 31.2 Å². The van der Waals surface area contributed by atoms with Crippen LogP contribution in [0.25, 0.3) is 0 Å². The molecule has 170 valence electrons. The number of hydrogen-bond donors (Lipinski definition) is 2. The Balaban J connectivity index is 1.48. The molecule has 1 aliphatic heterocycles. The minimum atomic E-state index is -0.514. The summed E-state index contributed by atoms with van der Waals surface area (Å²) in [6, 6.07) is 8.05. The maximum absolute atomic E-state index is 14.7. The number of hydrogen-bond acceptors (Lipinski definition) is 6. The molecule has 32 heavy (non-hydrogen) atoms. The molecule has 1 aromatic carbocycles. The van der Waals surface area contributed by atoms with Crippen molar-refractivity contribution in [3.63, 3.8) is 0 Å². The van der Waals surface area contributed by atoms with Gasteiger partial charge in [0.25, 0.3) is 0 Å². The number of Topliss-reactive ketones (excluding diaryl/α,β-unsaturated/α-hetero) is 1. The summed E-state index contributed by atoms with van der Waals surface area (Å²) in [6.45, 7) is 1.91. The zero-order chi connectivity index (χ0) is 22.2. The normalized spacial score (nSPS) is 31.8. The Morgan fingerprint density at radius 1 is 1.31 bits per heavy atom. The highest BCUT2D eigenvalue weighted by atomic mass is 32.2. The number of thioether (sulfide) groups is 1. The number of anilines is 1. The van der Waals surface area contributed by atoms with Crippen LogP contribution in [-0.4, -0.2) is 37.9 Å². The Kier molecular flexibility index (Phi) is 6.21. The van der Waals surface area contributed by atoms with E-state index in [0.29, 0.717) is 35.6 Å². The van der Waals surface area contributed by atoms with E-state index >= 15 is 0 Å². The molecule has 2 aromatic rings. The van der Waals surface area contributed by atoms with Crippen LogP contribution >= 0.6 is 11.8 Å². The molecule has 0 amide bonds. The Hall–Kier alpha value is -1.99. The highest BCUT2D eigenvalue weighted by Gasteiger charge is 2.55. The van der Waals surface area contributed by atoms with Crippen LogP contribution < -0.4 is 5.32 Å². The van der Waals surface area contributed by atoms with Gasteiger partial charge >= 0.3 is 0 Å². The molecule has 2 heterocycles. The van der Waals surface area contributed by atoms with Crippen LogP contribution in [0, 0.1) is 23.6 Å². The van der Waals surface area contributed by atoms with Gasteiger partial charge in [0, 0.05) is 35.8 Å². The second-order valence-corrected chi connectivity index (χ2v) is 10.7. The van der Waals surface area contributed by atoms with E-state index in [2.05, 4.69) is 27.4 Å². The lowest BCUT2D eigenvalue weighted by atomic mass is 9.80. The van der Waals surface area contributed by atoms with Crippen LogP contribution in [0.3, 0.4) is 0 Å². The molecular weight excluding hydrogens is 425 g/mol. The molecule has 5 nitrogen and oxygen atoms in total. The van der Waals surface area contributed by atoms with Crippen LogP contribution in [0.5, 0.6) is 0 Å². The minimum Gasteiger partial charge on any atom is -0.388 e. The van der Waals surface area contributed by atoms with Crippen molar-refractivity contribution < 1.29 is 14.3 Å². The van der Waals surface area contributed by atoms with E-state index in [0.717, 1.165) is 31.2 Å². The number of fused-ring (bicyclic) bond motifs is 5. The van der Waals surface area contributed by atoms with Crippen LogP contribution in [-0.2, 0) is 17.6 Å². The summed E-state index contributed by atoms with van der Waals surface area (Å²) in [4.78, 5) is 21.5. The van der Waals surface area contributed by atoms with Crippen molar-refractivity contribution in [1.29, 1.82) is 0 Å². The number of aryl methyl sites for hydroxylation is 2. The topological polar surface area (TPSA) is 75.1 Å². The van der Waals surface area contributed by atoms with Crippen molar-refractivity contribution in [3.8, 4) is 0 Å². The Labute approximate surface area is 192 Å². The highest BCUT2D eigenvalue weighted by molar-refractivity contribution is 7.99. The number of ketones is 1. The number of aromatic nitrogens is 2. The fourth-order valence-electron chi connectivity index (χ4n) is 5.89. The lowest BCUT2D eigenvalue weighted by Gasteiger charge is -2.36. The number of benzene rings is 1. The second kappa shape index (κ2) is 9.10.